The van der Waals surface area contributed by atoms with Gasteiger partial charge < -0.3 is 4.74 Å². The summed E-state index contributed by atoms with van der Waals surface area (Å²) in [5.74, 6) is -4.36. The van der Waals surface area contributed by atoms with Gasteiger partial charge in [-0.15, -0.1) is 0 Å². The molecule has 7 rings (SSSR count). The molecular formula is C26H18N2O6. The Bertz CT molecular complexity index is 1380. The number of anilines is 1. The number of amides is 2. The van der Waals surface area contributed by atoms with E-state index in [0.29, 0.717) is 22.3 Å². The molecule has 4 aliphatic rings. The molecule has 3 aromatic rings. The summed E-state index contributed by atoms with van der Waals surface area (Å²) in [6.07, 6.45) is 0. The lowest BCUT2D eigenvalue weighted by molar-refractivity contribution is -0.578. The van der Waals surface area contributed by atoms with Crippen LogP contribution in [0.25, 0.3) is 0 Å². The Morgan fingerprint density at radius 1 is 0.941 bits per heavy atom. The molecule has 3 aromatic carbocycles. The molecule has 8 heteroatoms. The predicted molar refractivity (Wildman–Crippen MR) is 120 cm³/mol. The maximum absolute atomic E-state index is 13.9. The summed E-state index contributed by atoms with van der Waals surface area (Å²) in [7, 11) is 1.24. The first-order chi connectivity index (χ1) is 16.4. The first-order valence-electron chi connectivity index (χ1n) is 10.8. The zero-order valence-corrected chi connectivity index (χ0v) is 18.0. The molecule has 0 N–H and O–H groups in total. The van der Waals surface area contributed by atoms with E-state index < -0.39 is 46.0 Å². The van der Waals surface area contributed by atoms with Crippen LogP contribution in [0.15, 0.2) is 72.8 Å². The first-order valence-corrected chi connectivity index (χ1v) is 10.8. The SMILES string of the molecule is COC(=O)c1cccc(N2C(=O)[C@@H]3C4c5ccccc5C([N+](=O)[O-])(c5ccccc54)[C@H]3C2=O)c1. The highest BCUT2D eigenvalue weighted by molar-refractivity contribution is 6.23. The Hall–Kier alpha value is -4.33. The van der Waals surface area contributed by atoms with Gasteiger partial charge in [0, 0.05) is 22.0 Å². The van der Waals surface area contributed by atoms with Crippen molar-refractivity contribution in [3.8, 4) is 0 Å². The van der Waals surface area contributed by atoms with Crippen LogP contribution >= 0.6 is 0 Å². The van der Waals surface area contributed by atoms with Crippen molar-refractivity contribution in [1.29, 1.82) is 0 Å². The van der Waals surface area contributed by atoms with Gasteiger partial charge >= 0.3 is 5.97 Å². The van der Waals surface area contributed by atoms with Crippen molar-refractivity contribution in [3.63, 3.8) is 0 Å². The van der Waals surface area contributed by atoms with Crippen molar-refractivity contribution in [1.82, 2.24) is 0 Å². The highest BCUT2D eigenvalue weighted by Gasteiger charge is 2.74. The minimum absolute atomic E-state index is 0.175. The summed E-state index contributed by atoms with van der Waals surface area (Å²) < 4.78 is 4.76. The lowest BCUT2D eigenvalue weighted by Gasteiger charge is -2.48. The average Bonchev–Trinajstić information content (AvgIpc) is 3.14. The molecule has 1 heterocycles. The fourth-order valence-electron chi connectivity index (χ4n) is 6.19. The van der Waals surface area contributed by atoms with Crippen LogP contribution in [0, 0.1) is 22.0 Å². The van der Waals surface area contributed by atoms with Crippen LogP contribution in [0.4, 0.5) is 5.69 Å². The van der Waals surface area contributed by atoms with Gasteiger partial charge in [-0.2, -0.15) is 0 Å². The zero-order chi connectivity index (χ0) is 23.8. The van der Waals surface area contributed by atoms with E-state index in [4.69, 9.17) is 4.74 Å². The predicted octanol–water partition coefficient (Wildman–Crippen LogP) is 3.26. The van der Waals surface area contributed by atoms with Gasteiger partial charge in [-0.3, -0.25) is 19.7 Å². The number of hydrogen-bond acceptors (Lipinski definition) is 6. The number of hydrogen-bond donors (Lipinski definition) is 0. The Kier molecular flexibility index (Phi) is 4.08. The number of nitrogens with zero attached hydrogens (tertiary/aromatic N) is 2. The molecule has 34 heavy (non-hydrogen) atoms. The molecule has 2 atom stereocenters. The fraction of sp³-hybridized carbons (Fsp3) is 0.192. The Balaban J connectivity index is 1.61. The molecule has 1 aliphatic heterocycles. The van der Waals surface area contributed by atoms with E-state index in [-0.39, 0.29) is 11.3 Å². The van der Waals surface area contributed by atoms with Gasteiger partial charge in [0.05, 0.1) is 24.3 Å². The van der Waals surface area contributed by atoms with Crippen molar-refractivity contribution in [2.45, 2.75) is 11.5 Å². The topological polar surface area (TPSA) is 107 Å². The van der Waals surface area contributed by atoms with Gasteiger partial charge in [-0.25, -0.2) is 9.69 Å². The number of ether oxygens (including phenoxy) is 1. The second-order valence-electron chi connectivity index (χ2n) is 8.73. The molecular weight excluding hydrogens is 436 g/mol. The van der Waals surface area contributed by atoms with Crippen molar-refractivity contribution in [2.75, 3.05) is 12.0 Å². The van der Waals surface area contributed by atoms with Crippen molar-refractivity contribution in [3.05, 3.63) is 111 Å². The van der Waals surface area contributed by atoms with Crippen molar-refractivity contribution < 1.29 is 24.0 Å². The van der Waals surface area contributed by atoms with E-state index in [2.05, 4.69) is 0 Å². The van der Waals surface area contributed by atoms with Crippen LogP contribution in [-0.4, -0.2) is 29.8 Å². The average molecular weight is 454 g/mol. The summed E-state index contributed by atoms with van der Waals surface area (Å²) >= 11 is 0. The standard InChI is InChI=1S/C26H18N2O6/c1-34-25(31)14-7-6-8-15(13-14)27-23(29)21-20-16-9-2-4-11-18(16)26(28(32)33,22(21)24(27)30)19-12-5-3-10-17(19)20/h2-13,20-22H,1H3/t20?,21-,22-,26?/m1/s1. The van der Waals surface area contributed by atoms with Crippen molar-refractivity contribution >= 4 is 23.5 Å². The number of esters is 1. The molecule has 0 spiro atoms. The largest absolute Gasteiger partial charge is 0.465 e. The second kappa shape index (κ2) is 6.84. The molecule has 3 aliphatic carbocycles. The number of methoxy groups -OCH3 is 1. The van der Waals surface area contributed by atoms with Crippen LogP contribution < -0.4 is 4.90 Å². The lowest BCUT2D eigenvalue weighted by Crippen LogP contribution is -2.57. The lowest BCUT2D eigenvalue weighted by atomic mass is 9.51. The third-order valence-corrected chi connectivity index (χ3v) is 7.39. The zero-order valence-electron chi connectivity index (χ0n) is 18.0. The summed E-state index contributed by atoms with van der Waals surface area (Å²) in [6, 6.07) is 20.0. The molecule has 0 aromatic heterocycles. The van der Waals surface area contributed by atoms with E-state index in [1.54, 1.807) is 48.5 Å². The highest BCUT2D eigenvalue weighted by Crippen LogP contribution is 2.64. The molecule has 1 saturated heterocycles. The number of carbonyl (C=O) groups excluding carboxylic acids is 3. The van der Waals surface area contributed by atoms with Crippen LogP contribution in [0.1, 0.15) is 38.5 Å². The molecule has 0 radical (unpaired) electrons. The maximum Gasteiger partial charge on any atom is 0.337 e. The quantitative estimate of drug-likeness (QED) is 0.260. The van der Waals surface area contributed by atoms with E-state index in [1.165, 1.54) is 19.2 Å². The van der Waals surface area contributed by atoms with E-state index in [9.17, 15) is 24.5 Å². The van der Waals surface area contributed by atoms with Crippen LogP contribution in [0.2, 0.25) is 0 Å². The van der Waals surface area contributed by atoms with Gasteiger partial charge in [-0.1, -0.05) is 54.6 Å². The van der Waals surface area contributed by atoms with Crippen LogP contribution in [0.3, 0.4) is 0 Å². The van der Waals surface area contributed by atoms with Gasteiger partial charge in [-0.05, 0) is 29.3 Å². The smallest absolute Gasteiger partial charge is 0.337 e. The summed E-state index contributed by atoms with van der Waals surface area (Å²) in [5.41, 5.74) is 0.796. The third-order valence-electron chi connectivity index (χ3n) is 7.39. The van der Waals surface area contributed by atoms with Gasteiger partial charge in [0.1, 0.15) is 5.92 Å². The normalized spacial score (nSPS) is 26.0. The highest BCUT2D eigenvalue weighted by atomic mass is 16.6. The molecule has 2 amide bonds. The maximum atomic E-state index is 13.9. The van der Waals surface area contributed by atoms with E-state index >= 15 is 0 Å². The minimum atomic E-state index is -1.88. The van der Waals surface area contributed by atoms with E-state index in [0.717, 1.165) is 4.90 Å². The molecule has 2 bridgehead atoms. The molecule has 0 saturated carbocycles. The summed E-state index contributed by atoms with van der Waals surface area (Å²) in [5, 5.41) is 12.9. The molecule has 8 nitrogen and oxygen atoms in total. The molecule has 168 valence electrons. The fourth-order valence-corrected chi connectivity index (χ4v) is 6.19. The number of imide groups is 1. The first kappa shape index (κ1) is 20.3. The van der Waals surface area contributed by atoms with Gasteiger partial charge in [0.15, 0.2) is 0 Å². The monoisotopic (exact) mass is 454 g/mol. The van der Waals surface area contributed by atoms with Crippen molar-refractivity contribution in [2.24, 2.45) is 11.8 Å². The third kappa shape index (κ3) is 2.24. The Labute approximate surface area is 193 Å². The molecule has 1 fully saturated rings. The Morgan fingerprint density at radius 3 is 2.15 bits per heavy atom. The minimum Gasteiger partial charge on any atom is -0.465 e. The number of carbonyl (C=O) groups is 3. The number of benzene rings is 3. The van der Waals surface area contributed by atoms with Crippen LogP contribution in [-0.2, 0) is 19.9 Å². The number of rotatable bonds is 3. The van der Waals surface area contributed by atoms with Gasteiger partial charge in [0.2, 0.25) is 11.8 Å². The Morgan fingerprint density at radius 2 is 1.56 bits per heavy atom. The number of nitro groups is 1. The summed E-state index contributed by atoms with van der Waals surface area (Å²) in [6.45, 7) is 0. The summed E-state index contributed by atoms with van der Waals surface area (Å²) in [4.78, 5) is 53.3. The van der Waals surface area contributed by atoms with E-state index in [1.807, 2.05) is 12.1 Å². The van der Waals surface area contributed by atoms with Crippen LogP contribution in [0.5, 0.6) is 0 Å². The second-order valence-corrected chi connectivity index (χ2v) is 8.73. The van der Waals surface area contributed by atoms with Gasteiger partial charge in [0.25, 0.3) is 5.54 Å². The molecule has 0 unspecified atom stereocenters.